The lowest BCUT2D eigenvalue weighted by Crippen LogP contribution is -2.30. The van der Waals surface area contributed by atoms with Crippen molar-refractivity contribution in [2.75, 3.05) is 58.9 Å². The number of rotatable bonds is 8. The van der Waals surface area contributed by atoms with E-state index in [-0.39, 0.29) is 11.8 Å². The summed E-state index contributed by atoms with van der Waals surface area (Å²) in [7, 11) is 5.06. The van der Waals surface area contributed by atoms with Crippen LogP contribution in [0.1, 0.15) is 42.6 Å². The maximum atomic E-state index is 11.6. The van der Waals surface area contributed by atoms with Crippen LogP contribution < -0.4 is 19.7 Å². The summed E-state index contributed by atoms with van der Waals surface area (Å²) in [5.74, 6) is 1.90. The van der Waals surface area contributed by atoms with Gasteiger partial charge >= 0.3 is 0 Å². The van der Waals surface area contributed by atoms with Crippen LogP contribution in [0.2, 0.25) is 0 Å². The highest BCUT2D eigenvalue weighted by molar-refractivity contribution is 5.79. The van der Waals surface area contributed by atoms with E-state index in [1.165, 1.54) is 50.1 Å². The predicted molar refractivity (Wildman–Crippen MR) is 142 cm³/mol. The van der Waals surface area contributed by atoms with E-state index in [1.54, 1.807) is 21.3 Å². The summed E-state index contributed by atoms with van der Waals surface area (Å²) in [4.78, 5) is 20.8. The maximum Gasteiger partial charge on any atom is 0.224 e. The molecular weight excluding hydrogens is 440 g/mol. The molecule has 2 fully saturated rings. The van der Waals surface area contributed by atoms with Crippen LogP contribution in [0.25, 0.3) is 0 Å². The molecule has 2 saturated heterocycles. The molecule has 7 nitrogen and oxygen atoms in total. The lowest BCUT2D eigenvalue weighted by Gasteiger charge is -2.19. The zero-order valence-corrected chi connectivity index (χ0v) is 22.1. The minimum atomic E-state index is 0.119. The lowest BCUT2D eigenvalue weighted by molar-refractivity contribution is -0.123. The van der Waals surface area contributed by atoms with Crippen LogP contribution in [0, 0.1) is 19.8 Å². The molecule has 0 bridgehead atoms. The highest BCUT2D eigenvalue weighted by Gasteiger charge is 2.27. The molecule has 192 valence electrons. The number of likely N-dealkylation sites (tertiary alicyclic amines) is 1. The minimum Gasteiger partial charge on any atom is -0.493 e. The van der Waals surface area contributed by atoms with Gasteiger partial charge in [0, 0.05) is 37.2 Å². The Morgan fingerprint density at radius 1 is 1.03 bits per heavy atom. The zero-order valence-electron chi connectivity index (χ0n) is 22.1. The fourth-order valence-corrected chi connectivity index (χ4v) is 4.96. The van der Waals surface area contributed by atoms with E-state index in [2.05, 4.69) is 44.4 Å². The molecule has 0 aliphatic carbocycles. The average Bonchev–Trinajstić information content (AvgIpc) is 3.56. The van der Waals surface area contributed by atoms with Crippen molar-refractivity contribution in [1.29, 1.82) is 0 Å². The van der Waals surface area contributed by atoms with Crippen molar-refractivity contribution in [1.82, 2.24) is 15.2 Å². The Balaban J connectivity index is 0.000000196. The molecule has 7 heteroatoms. The largest absolute Gasteiger partial charge is 0.493 e. The first-order valence-electron chi connectivity index (χ1n) is 12.8. The maximum absolute atomic E-state index is 11.6. The second-order valence-electron chi connectivity index (χ2n) is 9.50. The second kappa shape index (κ2) is 13.3. The van der Waals surface area contributed by atoms with Crippen LogP contribution in [-0.2, 0) is 11.2 Å². The molecule has 35 heavy (non-hydrogen) atoms. The number of benzene rings is 1. The Hall–Kier alpha value is -2.80. The number of nitrogens with one attached hydrogen (secondary N) is 1. The number of methoxy groups -OCH3 is 2. The number of nitrogens with zero attached hydrogens (tertiary/aromatic N) is 3. The van der Waals surface area contributed by atoms with Crippen LogP contribution in [0.4, 0.5) is 5.69 Å². The van der Waals surface area contributed by atoms with Crippen molar-refractivity contribution in [2.45, 2.75) is 46.0 Å². The molecule has 0 spiro atoms. The third kappa shape index (κ3) is 7.85. The Bertz CT molecular complexity index is 939. The van der Waals surface area contributed by atoms with Gasteiger partial charge in [-0.2, -0.15) is 0 Å². The summed E-state index contributed by atoms with van der Waals surface area (Å²) in [6.45, 7) is 9.54. The number of carbonyl (C=O) groups is 1. The van der Waals surface area contributed by atoms with Crippen molar-refractivity contribution in [3.63, 3.8) is 0 Å². The van der Waals surface area contributed by atoms with Gasteiger partial charge in [0.05, 0.1) is 20.1 Å². The van der Waals surface area contributed by atoms with Gasteiger partial charge in [-0.25, -0.2) is 0 Å². The van der Waals surface area contributed by atoms with Crippen molar-refractivity contribution in [3.8, 4) is 11.5 Å². The van der Waals surface area contributed by atoms with Gasteiger partial charge in [-0.3, -0.25) is 9.78 Å². The predicted octanol–water partition coefficient (Wildman–Crippen LogP) is 4.00. The summed E-state index contributed by atoms with van der Waals surface area (Å²) in [5, 5.41) is 2.72. The number of amides is 1. The molecular formula is C28H42N4O3. The summed E-state index contributed by atoms with van der Waals surface area (Å²) in [6, 6.07) is 10.4. The third-order valence-electron chi connectivity index (χ3n) is 6.82. The van der Waals surface area contributed by atoms with E-state index in [4.69, 9.17) is 9.47 Å². The van der Waals surface area contributed by atoms with Gasteiger partial charge in [0.15, 0.2) is 11.5 Å². The highest BCUT2D eigenvalue weighted by atomic mass is 16.5. The Labute approximate surface area is 210 Å². The van der Waals surface area contributed by atoms with Crippen molar-refractivity contribution < 1.29 is 14.3 Å². The first-order valence-corrected chi connectivity index (χ1v) is 12.8. The number of hydrogen-bond acceptors (Lipinski definition) is 6. The van der Waals surface area contributed by atoms with Crippen molar-refractivity contribution in [3.05, 3.63) is 47.3 Å². The molecule has 1 aromatic carbocycles. The van der Waals surface area contributed by atoms with E-state index in [9.17, 15) is 4.79 Å². The van der Waals surface area contributed by atoms with Crippen molar-refractivity contribution in [2.24, 2.45) is 5.92 Å². The number of carbonyl (C=O) groups excluding carboxylic acids is 1. The molecule has 1 atom stereocenters. The fraction of sp³-hybridized carbons (Fsp3) is 0.571. The molecule has 1 aromatic heterocycles. The molecule has 0 radical (unpaired) electrons. The molecule has 0 saturated carbocycles. The monoisotopic (exact) mass is 482 g/mol. The zero-order chi connectivity index (χ0) is 25.2. The molecule has 2 aliphatic heterocycles. The van der Waals surface area contributed by atoms with Crippen LogP contribution in [0.3, 0.4) is 0 Å². The van der Waals surface area contributed by atoms with Crippen molar-refractivity contribution >= 4 is 11.6 Å². The standard InChI is InChI=1S/C15H23NO2.C13H19N3O/c1-17-14-8-7-13(12-15(14)18-2)6-5-11-16-9-3-4-10-16;1-9-6-12(7-10(2)15-9)16-5-4-11(8-16)13(17)14-3/h7-8,12H,3-6,9-11H2,1-2H3;6-7,11H,4-5,8H2,1-3H3,(H,14,17)/t;11-/m.1/s1. The molecule has 4 rings (SSSR count). The molecule has 2 aliphatic rings. The Kier molecular flexibility index (Phi) is 10.2. The number of aromatic nitrogens is 1. The molecule has 3 heterocycles. The summed E-state index contributed by atoms with van der Waals surface area (Å²) in [6.07, 6.45) is 6.00. The topological polar surface area (TPSA) is 66.9 Å². The number of hydrogen-bond donors (Lipinski definition) is 1. The quantitative estimate of drug-likeness (QED) is 0.613. The molecule has 1 N–H and O–H groups in total. The van der Waals surface area contributed by atoms with Gasteiger partial charge in [-0.15, -0.1) is 0 Å². The Morgan fingerprint density at radius 2 is 1.71 bits per heavy atom. The van der Waals surface area contributed by atoms with Gasteiger partial charge in [0.2, 0.25) is 5.91 Å². The molecule has 0 unspecified atom stereocenters. The first-order chi connectivity index (χ1) is 16.9. The van der Waals surface area contributed by atoms with E-state index >= 15 is 0 Å². The van der Waals surface area contributed by atoms with Gasteiger partial charge in [-0.1, -0.05) is 6.07 Å². The second-order valence-corrected chi connectivity index (χ2v) is 9.50. The van der Waals surface area contributed by atoms with Gasteiger partial charge in [-0.05, 0) is 95.4 Å². The van der Waals surface area contributed by atoms with Crippen LogP contribution in [0.15, 0.2) is 30.3 Å². The fourth-order valence-electron chi connectivity index (χ4n) is 4.96. The van der Waals surface area contributed by atoms with Gasteiger partial charge in [0.25, 0.3) is 0 Å². The van der Waals surface area contributed by atoms with E-state index in [1.807, 2.05) is 19.9 Å². The number of pyridine rings is 1. The first kappa shape index (κ1) is 26.8. The van der Waals surface area contributed by atoms with Crippen LogP contribution >= 0.6 is 0 Å². The lowest BCUT2D eigenvalue weighted by atomic mass is 10.1. The van der Waals surface area contributed by atoms with Crippen LogP contribution in [-0.4, -0.2) is 69.8 Å². The third-order valence-corrected chi connectivity index (χ3v) is 6.82. The number of ether oxygens (including phenoxy) is 2. The van der Waals surface area contributed by atoms with E-state index in [0.29, 0.717) is 0 Å². The summed E-state index contributed by atoms with van der Waals surface area (Å²) < 4.78 is 10.6. The molecule has 1 amide bonds. The Morgan fingerprint density at radius 3 is 2.34 bits per heavy atom. The van der Waals surface area contributed by atoms with E-state index in [0.717, 1.165) is 48.8 Å². The summed E-state index contributed by atoms with van der Waals surface area (Å²) >= 11 is 0. The van der Waals surface area contributed by atoms with E-state index < -0.39 is 0 Å². The average molecular weight is 483 g/mol. The van der Waals surface area contributed by atoms with Gasteiger partial charge < -0.3 is 24.6 Å². The smallest absolute Gasteiger partial charge is 0.224 e. The molecule has 2 aromatic rings. The number of aryl methyl sites for hydroxylation is 3. The van der Waals surface area contributed by atoms with Gasteiger partial charge in [0.1, 0.15) is 0 Å². The number of anilines is 1. The highest BCUT2D eigenvalue weighted by Crippen LogP contribution is 2.28. The van der Waals surface area contributed by atoms with Crippen LogP contribution in [0.5, 0.6) is 11.5 Å². The SMILES string of the molecule is CNC(=O)[C@@H]1CCN(c2cc(C)nc(C)c2)C1.COc1ccc(CCCN2CCCC2)cc1OC. The normalized spacial score (nSPS) is 17.6. The minimum absolute atomic E-state index is 0.119. The summed E-state index contributed by atoms with van der Waals surface area (Å²) in [5.41, 5.74) is 4.57.